The van der Waals surface area contributed by atoms with Crippen molar-refractivity contribution in [2.75, 3.05) is 19.8 Å². The summed E-state index contributed by atoms with van der Waals surface area (Å²) in [7, 11) is 0. The van der Waals surface area contributed by atoms with Gasteiger partial charge in [0.05, 0.1) is 6.61 Å². The van der Waals surface area contributed by atoms with Gasteiger partial charge in [-0.15, -0.1) is 0 Å². The van der Waals surface area contributed by atoms with Crippen LogP contribution in [0.3, 0.4) is 0 Å². The number of aryl methyl sites for hydroxylation is 1. The molecule has 1 heterocycles. The Balaban J connectivity index is 1.83. The normalized spacial score (nSPS) is 24.2. The highest BCUT2D eigenvalue weighted by atomic mass is 79.9. The van der Waals surface area contributed by atoms with Crippen molar-refractivity contribution in [2.24, 2.45) is 0 Å². The maximum atomic E-state index is 10.1. The molecule has 1 aliphatic rings. The highest BCUT2D eigenvalue weighted by Gasteiger charge is 2.31. The molecule has 94 valence electrons. The van der Waals surface area contributed by atoms with Crippen LogP contribution in [0.5, 0.6) is 0 Å². The molecule has 17 heavy (non-hydrogen) atoms. The largest absolute Gasteiger partial charge is 0.386 e. The Hall–Kier alpha value is -0.420. The van der Waals surface area contributed by atoms with Crippen LogP contribution in [-0.2, 0) is 11.3 Å². The summed E-state index contributed by atoms with van der Waals surface area (Å²) in [4.78, 5) is 0. The third-order valence-electron chi connectivity index (χ3n) is 3.09. The van der Waals surface area contributed by atoms with Gasteiger partial charge in [-0.1, -0.05) is 28.1 Å². The number of hydrogen-bond acceptors (Lipinski definition) is 3. The maximum absolute atomic E-state index is 10.1. The van der Waals surface area contributed by atoms with E-state index in [0.717, 1.165) is 17.4 Å². The minimum atomic E-state index is -0.676. The van der Waals surface area contributed by atoms with Gasteiger partial charge >= 0.3 is 0 Å². The van der Waals surface area contributed by atoms with E-state index >= 15 is 0 Å². The topological polar surface area (TPSA) is 41.5 Å². The fourth-order valence-corrected chi connectivity index (χ4v) is 2.24. The Bertz CT molecular complexity index is 389. The molecule has 0 spiro atoms. The molecule has 0 aromatic heterocycles. The van der Waals surface area contributed by atoms with Gasteiger partial charge in [0.2, 0.25) is 0 Å². The molecule has 4 heteroatoms. The molecular formula is C13H18BrNO2. The second-order valence-corrected chi connectivity index (χ2v) is 5.57. The first-order valence-corrected chi connectivity index (χ1v) is 6.64. The fraction of sp³-hybridized carbons (Fsp3) is 0.538. The molecule has 0 amide bonds. The number of ether oxygens (including phenoxy) is 1. The van der Waals surface area contributed by atoms with Crippen molar-refractivity contribution < 1.29 is 9.84 Å². The van der Waals surface area contributed by atoms with Gasteiger partial charge in [-0.2, -0.15) is 0 Å². The van der Waals surface area contributed by atoms with Crippen LogP contribution in [-0.4, -0.2) is 30.5 Å². The molecular weight excluding hydrogens is 282 g/mol. The summed E-state index contributed by atoms with van der Waals surface area (Å²) < 4.78 is 6.33. The number of rotatable bonds is 4. The van der Waals surface area contributed by atoms with Crippen LogP contribution in [0.1, 0.15) is 17.5 Å². The van der Waals surface area contributed by atoms with Gasteiger partial charge < -0.3 is 15.2 Å². The van der Waals surface area contributed by atoms with E-state index in [1.165, 1.54) is 11.1 Å². The molecule has 1 atom stereocenters. The predicted octanol–water partition coefficient (Wildman–Crippen LogP) is 2.00. The van der Waals surface area contributed by atoms with E-state index in [-0.39, 0.29) is 0 Å². The predicted molar refractivity (Wildman–Crippen MR) is 71.0 cm³/mol. The van der Waals surface area contributed by atoms with Crippen molar-refractivity contribution in [1.29, 1.82) is 0 Å². The maximum Gasteiger partial charge on any atom is 0.102 e. The van der Waals surface area contributed by atoms with Crippen LogP contribution < -0.4 is 5.32 Å². The van der Waals surface area contributed by atoms with Crippen molar-refractivity contribution in [3.05, 3.63) is 33.8 Å². The molecule has 0 radical (unpaired) electrons. The Morgan fingerprint density at radius 3 is 3.00 bits per heavy atom. The lowest BCUT2D eigenvalue weighted by Gasteiger charge is -2.20. The molecule has 1 aliphatic heterocycles. The molecule has 1 fully saturated rings. The molecule has 2 rings (SSSR count). The molecule has 0 aliphatic carbocycles. The first-order chi connectivity index (χ1) is 8.09. The molecule has 2 N–H and O–H groups in total. The molecule has 1 aromatic rings. The minimum Gasteiger partial charge on any atom is -0.386 e. The van der Waals surface area contributed by atoms with Crippen LogP contribution in [0.2, 0.25) is 0 Å². The van der Waals surface area contributed by atoms with E-state index in [2.05, 4.69) is 46.4 Å². The first-order valence-electron chi connectivity index (χ1n) is 5.85. The third-order valence-corrected chi connectivity index (χ3v) is 3.98. The molecule has 3 nitrogen and oxygen atoms in total. The summed E-state index contributed by atoms with van der Waals surface area (Å²) in [6, 6.07) is 6.28. The summed E-state index contributed by atoms with van der Waals surface area (Å²) in [5.74, 6) is 0. The molecule has 1 unspecified atom stereocenters. The van der Waals surface area contributed by atoms with E-state index in [1.54, 1.807) is 0 Å². The van der Waals surface area contributed by atoms with Gasteiger partial charge in [-0.25, -0.2) is 0 Å². The second-order valence-electron chi connectivity index (χ2n) is 4.71. The molecule has 1 saturated heterocycles. The smallest absolute Gasteiger partial charge is 0.102 e. The number of halogens is 1. The van der Waals surface area contributed by atoms with Crippen LogP contribution in [0.25, 0.3) is 0 Å². The average Bonchev–Trinajstić information content (AvgIpc) is 2.71. The van der Waals surface area contributed by atoms with Crippen molar-refractivity contribution in [3.63, 3.8) is 0 Å². The lowest BCUT2D eigenvalue weighted by Crippen LogP contribution is -2.40. The summed E-state index contributed by atoms with van der Waals surface area (Å²) >= 11 is 3.48. The Morgan fingerprint density at radius 2 is 2.35 bits per heavy atom. The highest BCUT2D eigenvalue weighted by Crippen LogP contribution is 2.18. The Morgan fingerprint density at radius 1 is 1.53 bits per heavy atom. The Kier molecular flexibility index (Phi) is 4.20. The number of hydrogen-bond donors (Lipinski definition) is 2. The highest BCUT2D eigenvalue weighted by molar-refractivity contribution is 9.10. The summed E-state index contributed by atoms with van der Waals surface area (Å²) in [5, 5.41) is 13.4. The van der Waals surface area contributed by atoms with E-state index < -0.39 is 5.60 Å². The van der Waals surface area contributed by atoms with Gasteiger partial charge in [0.15, 0.2) is 0 Å². The lowest BCUT2D eigenvalue weighted by molar-refractivity contribution is 0.0268. The van der Waals surface area contributed by atoms with Crippen LogP contribution in [0.4, 0.5) is 0 Å². The van der Waals surface area contributed by atoms with Crippen LogP contribution in [0, 0.1) is 6.92 Å². The average molecular weight is 300 g/mol. The summed E-state index contributed by atoms with van der Waals surface area (Å²) in [5.41, 5.74) is 1.78. The second kappa shape index (κ2) is 5.48. The lowest BCUT2D eigenvalue weighted by atomic mass is 10.0. The van der Waals surface area contributed by atoms with Gasteiger partial charge in [-0.3, -0.25) is 0 Å². The van der Waals surface area contributed by atoms with E-state index in [9.17, 15) is 5.11 Å². The van der Waals surface area contributed by atoms with Gasteiger partial charge in [-0.05, 0) is 24.1 Å². The fourth-order valence-electron chi connectivity index (χ4n) is 1.99. The number of nitrogens with one attached hydrogen (secondary N) is 1. The van der Waals surface area contributed by atoms with Gasteiger partial charge in [0.25, 0.3) is 0 Å². The quantitative estimate of drug-likeness (QED) is 0.893. The third kappa shape index (κ3) is 3.52. The van der Waals surface area contributed by atoms with Gasteiger partial charge in [0.1, 0.15) is 5.60 Å². The van der Waals surface area contributed by atoms with E-state index in [4.69, 9.17) is 4.74 Å². The first kappa shape index (κ1) is 13.0. The molecule has 0 saturated carbocycles. The SMILES string of the molecule is Cc1cc(CNCC2(O)CCOC2)ccc1Br. The number of benzene rings is 1. The van der Waals surface area contributed by atoms with Crippen molar-refractivity contribution in [2.45, 2.75) is 25.5 Å². The minimum absolute atomic E-state index is 0.444. The zero-order valence-electron chi connectivity index (χ0n) is 10.0. The van der Waals surface area contributed by atoms with Crippen LogP contribution in [0.15, 0.2) is 22.7 Å². The van der Waals surface area contributed by atoms with Crippen molar-refractivity contribution in [1.82, 2.24) is 5.32 Å². The Labute approximate surface area is 110 Å². The summed E-state index contributed by atoms with van der Waals surface area (Å²) in [6.07, 6.45) is 0.722. The van der Waals surface area contributed by atoms with Gasteiger partial charge in [0, 0.05) is 30.6 Å². The standard InChI is InChI=1S/C13H18BrNO2/c1-10-6-11(2-3-12(10)14)7-15-8-13(16)4-5-17-9-13/h2-3,6,15-16H,4-5,7-9H2,1H3. The van der Waals surface area contributed by atoms with Crippen molar-refractivity contribution >= 4 is 15.9 Å². The van der Waals surface area contributed by atoms with Crippen molar-refractivity contribution in [3.8, 4) is 0 Å². The van der Waals surface area contributed by atoms with Crippen LogP contribution >= 0.6 is 15.9 Å². The molecule has 1 aromatic carbocycles. The number of aliphatic hydroxyl groups is 1. The zero-order valence-corrected chi connectivity index (χ0v) is 11.6. The van der Waals surface area contributed by atoms with E-state index in [0.29, 0.717) is 19.8 Å². The monoisotopic (exact) mass is 299 g/mol. The zero-order chi connectivity index (χ0) is 12.3. The van der Waals surface area contributed by atoms with E-state index in [1.807, 2.05) is 0 Å². The molecule has 0 bridgehead atoms. The summed E-state index contributed by atoms with van der Waals surface area (Å²) in [6.45, 7) is 4.54.